The van der Waals surface area contributed by atoms with Crippen LogP contribution in [0.4, 0.5) is 0 Å². The Labute approximate surface area is 75.3 Å². The molecule has 0 rings (SSSR count). The molecule has 0 bridgehead atoms. The SMILES string of the molecule is CC(O)CN.O=C(O)/C=C/C(=O)O. The summed E-state index contributed by atoms with van der Waals surface area (Å²) < 4.78 is 0. The topological polar surface area (TPSA) is 121 Å². The average molecular weight is 191 g/mol. The molecule has 0 aromatic carbocycles. The second-order valence-corrected chi connectivity index (χ2v) is 2.09. The minimum atomic E-state index is -1.26. The number of carboxylic acid groups (broad SMARTS) is 2. The van der Waals surface area contributed by atoms with Gasteiger partial charge < -0.3 is 21.1 Å². The van der Waals surface area contributed by atoms with Crippen molar-refractivity contribution in [2.24, 2.45) is 5.73 Å². The molecule has 6 nitrogen and oxygen atoms in total. The molecular weight excluding hydrogens is 178 g/mol. The van der Waals surface area contributed by atoms with Gasteiger partial charge in [0.1, 0.15) is 0 Å². The zero-order valence-corrected chi connectivity index (χ0v) is 7.17. The fourth-order valence-corrected chi connectivity index (χ4v) is 0.143. The lowest BCUT2D eigenvalue weighted by atomic mass is 10.4. The van der Waals surface area contributed by atoms with Gasteiger partial charge in [-0.1, -0.05) is 0 Å². The van der Waals surface area contributed by atoms with Crippen LogP contribution in [0.3, 0.4) is 0 Å². The summed E-state index contributed by atoms with van der Waals surface area (Å²) in [7, 11) is 0. The van der Waals surface area contributed by atoms with E-state index in [0.717, 1.165) is 0 Å². The fourth-order valence-electron chi connectivity index (χ4n) is 0.143. The van der Waals surface area contributed by atoms with Crippen molar-refractivity contribution >= 4 is 11.9 Å². The lowest BCUT2D eigenvalue weighted by Gasteiger charge is -1.91. The lowest BCUT2D eigenvalue weighted by molar-refractivity contribution is -0.134. The number of carbonyl (C=O) groups is 2. The largest absolute Gasteiger partial charge is 0.478 e. The van der Waals surface area contributed by atoms with Gasteiger partial charge in [-0.3, -0.25) is 0 Å². The van der Waals surface area contributed by atoms with Crippen molar-refractivity contribution in [3.8, 4) is 0 Å². The first kappa shape index (κ1) is 14.1. The van der Waals surface area contributed by atoms with Gasteiger partial charge in [-0.05, 0) is 6.92 Å². The first-order valence-corrected chi connectivity index (χ1v) is 3.42. The first-order chi connectivity index (χ1) is 5.90. The number of nitrogens with two attached hydrogens (primary N) is 1. The number of aliphatic carboxylic acids is 2. The molecule has 0 radical (unpaired) electrons. The van der Waals surface area contributed by atoms with Crippen LogP contribution in [-0.2, 0) is 9.59 Å². The normalized spacial score (nSPS) is 11.6. The van der Waals surface area contributed by atoms with Crippen LogP contribution in [0.2, 0.25) is 0 Å². The Hall–Kier alpha value is -1.40. The van der Waals surface area contributed by atoms with Gasteiger partial charge in [-0.2, -0.15) is 0 Å². The quantitative estimate of drug-likeness (QED) is 0.426. The van der Waals surface area contributed by atoms with Gasteiger partial charge in [0.05, 0.1) is 6.10 Å². The Morgan fingerprint density at radius 3 is 1.62 bits per heavy atom. The second kappa shape index (κ2) is 8.69. The van der Waals surface area contributed by atoms with Crippen molar-refractivity contribution in [1.82, 2.24) is 0 Å². The van der Waals surface area contributed by atoms with E-state index in [9.17, 15) is 9.59 Å². The molecule has 0 aromatic heterocycles. The molecule has 0 aliphatic carbocycles. The van der Waals surface area contributed by atoms with Crippen molar-refractivity contribution in [2.45, 2.75) is 13.0 Å². The monoisotopic (exact) mass is 191 g/mol. The second-order valence-electron chi connectivity index (χ2n) is 2.09. The molecule has 0 aliphatic heterocycles. The Morgan fingerprint density at radius 2 is 1.54 bits per heavy atom. The van der Waals surface area contributed by atoms with Gasteiger partial charge in [-0.15, -0.1) is 0 Å². The van der Waals surface area contributed by atoms with E-state index in [2.05, 4.69) is 0 Å². The molecule has 6 heteroatoms. The Balaban J connectivity index is 0. The Bertz CT molecular complexity index is 171. The van der Waals surface area contributed by atoms with E-state index in [-0.39, 0.29) is 6.10 Å². The van der Waals surface area contributed by atoms with Crippen LogP contribution in [0, 0.1) is 0 Å². The number of aliphatic hydroxyl groups excluding tert-OH is 1. The maximum absolute atomic E-state index is 9.55. The van der Waals surface area contributed by atoms with Crippen LogP contribution in [-0.4, -0.2) is 39.9 Å². The minimum Gasteiger partial charge on any atom is -0.478 e. The number of carboxylic acids is 2. The van der Waals surface area contributed by atoms with E-state index in [1.54, 1.807) is 6.92 Å². The molecule has 76 valence electrons. The third-order valence-corrected chi connectivity index (χ3v) is 0.710. The van der Waals surface area contributed by atoms with Gasteiger partial charge in [0.15, 0.2) is 0 Å². The molecule has 0 amide bonds. The molecule has 0 heterocycles. The van der Waals surface area contributed by atoms with E-state index in [4.69, 9.17) is 21.1 Å². The predicted molar refractivity (Wildman–Crippen MR) is 45.1 cm³/mol. The highest BCUT2D eigenvalue weighted by molar-refractivity contribution is 5.89. The van der Waals surface area contributed by atoms with E-state index in [1.807, 2.05) is 0 Å². The Morgan fingerprint density at radius 1 is 1.31 bits per heavy atom. The highest BCUT2D eigenvalue weighted by Crippen LogP contribution is 1.70. The van der Waals surface area contributed by atoms with Gasteiger partial charge in [-0.25, -0.2) is 9.59 Å². The highest BCUT2D eigenvalue weighted by Gasteiger charge is 1.88. The molecule has 1 atom stereocenters. The Kier molecular flexibility index (Phi) is 9.46. The van der Waals surface area contributed by atoms with Crippen LogP contribution in [0.1, 0.15) is 6.92 Å². The number of rotatable bonds is 3. The predicted octanol–water partition coefficient (Wildman–Crippen LogP) is -0.962. The number of hydrogen-bond acceptors (Lipinski definition) is 4. The first-order valence-electron chi connectivity index (χ1n) is 3.42. The standard InChI is InChI=1S/C4H4O4.C3H9NO/c5-3(6)1-2-4(7)8;1-3(5)2-4/h1-2H,(H,5,6)(H,7,8);3,5H,2,4H2,1H3/b2-1+;. The highest BCUT2D eigenvalue weighted by atomic mass is 16.4. The van der Waals surface area contributed by atoms with Crippen molar-refractivity contribution in [3.63, 3.8) is 0 Å². The molecule has 0 saturated heterocycles. The number of hydrogen-bond donors (Lipinski definition) is 4. The summed E-state index contributed by atoms with van der Waals surface area (Å²) in [6.07, 6.45) is 0.778. The lowest BCUT2D eigenvalue weighted by Crippen LogP contribution is -2.14. The van der Waals surface area contributed by atoms with E-state index < -0.39 is 11.9 Å². The van der Waals surface area contributed by atoms with Crippen molar-refractivity contribution in [2.75, 3.05) is 6.54 Å². The molecule has 0 aromatic rings. The van der Waals surface area contributed by atoms with Crippen LogP contribution in [0.25, 0.3) is 0 Å². The summed E-state index contributed by atoms with van der Waals surface area (Å²) in [5.74, 6) is -2.51. The van der Waals surface area contributed by atoms with E-state index in [1.165, 1.54) is 0 Å². The minimum absolute atomic E-state index is 0.338. The molecular formula is C7H13NO5. The van der Waals surface area contributed by atoms with Gasteiger partial charge >= 0.3 is 11.9 Å². The fraction of sp³-hybridized carbons (Fsp3) is 0.429. The third-order valence-electron chi connectivity index (χ3n) is 0.710. The van der Waals surface area contributed by atoms with Crippen LogP contribution in [0.15, 0.2) is 12.2 Å². The zero-order chi connectivity index (χ0) is 10.9. The summed E-state index contributed by atoms with van der Waals surface area (Å²) in [5.41, 5.74) is 4.92. The summed E-state index contributed by atoms with van der Waals surface area (Å²) in [6.45, 7) is 2.01. The van der Waals surface area contributed by atoms with Crippen molar-refractivity contribution in [1.29, 1.82) is 0 Å². The van der Waals surface area contributed by atoms with Gasteiger partial charge in [0.25, 0.3) is 0 Å². The van der Waals surface area contributed by atoms with Crippen LogP contribution < -0.4 is 5.73 Å². The van der Waals surface area contributed by atoms with E-state index >= 15 is 0 Å². The summed E-state index contributed by atoms with van der Waals surface area (Å²) in [4.78, 5) is 19.1. The maximum Gasteiger partial charge on any atom is 0.328 e. The van der Waals surface area contributed by atoms with Gasteiger partial charge in [0, 0.05) is 18.7 Å². The average Bonchev–Trinajstić information content (AvgIpc) is 2.02. The van der Waals surface area contributed by atoms with Gasteiger partial charge in [0.2, 0.25) is 0 Å². The number of aliphatic hydroxyl groups is 1. The van der Waals surface area contributed by atoms with Crippen LogP contribution in [0.5, 0.6) is 0 Å². The van der Waals surface area contributed by atoms with Crippen LogP contribution >= 0.6 is 0 Å². The molecule has 0 saturated carbocycles. The molecule has 5 N–H and O–H groups in total. The molecule has 0 spiro atoms. The smallest absolute Gasteiger partial charge is 0.328 e. The maximum atomic E-state index is 9.55. The molecule has 0 aliphatic rings. The van der Waals surface area contributed by atoms with Crippen molar-refractivity contribution in [3.05, 3.63) is 12.2 Å². The summed E-state index contributed by atoms with van der Waals surface area (Å²) >= 11 is 0. The molecule has 1 unspecified atom stereocenters. The molecule has 0 fully saturated rings. The third kappa shape index (κ3) is 25.0. The summed E-state index contributed by atoms with van der Waals surface area (Å²) in [6, 6.07) is 0. The zero-order valence-electron chi connectivity index (χ0n) is 7.17. The summed E-state index contributed by atoms with van der Waals surface area (Å²) in [5, 5.41) is 23.9. The molecule has 13 heavy (non-hydrogen) atoms. The van der Waals surface area contributed by atoms with Crippen molar-refractivity contribution < 1.29 is 24.9 Å². The van der Waals surface area contributed by atoms with E-state index in [0.29, 0.717) is 18.7 Å².